The topological polar surface area (TPSA) is 86.8 Å². The summed E-state index contributed by atoms with van der Waals surface area (Å²) in [6, 6.07) is 1.54. The van der Waals surface area contributed by atoms with Crippen LogP contribution < -0.4 is 5.56 Å². The van der Waals surface area contributed by atoms with Gasteiger partial charge in [0.2, 0.25) is 0 Å². The van der Waals surface area contributed by atoms with Crippen molar-refractivity contribution in [2.45, 2.75) is 0 Å². The fourth-order valence-corrected chi connectivity index (χ4v) is 0.978. The number of H-pyrrole nitrogens is 1. The number of hydrogen-bond donors (Lipinski definition) is 1. The summed E-state index contributed by atoms with van der Waals surface area (Å²) in [6.45, 7) is 0. The Morgan fingerprint density at radius 3 is 3.15 bits per heavy atom. The molecule has 0 saturated carbocycles. The van der Waals surface area contributed by atoms with E-state index in [2.05, 4.69) is 15.2 Å². The van der Waals surface area contributed by atoms with Crippen LogP contribution in [0.25, 0.3) is 5.52 Å². The summed E-state index contributed by atoms with van der Waals surface area (Å²) in [5.74, 6) is -0.994. The minimum Gasteiger partial charge on any atom is -0.310 e. The maximum absolute atomic E-state index is 12.8. The number of aromatic nitrogens is 4. The van der Waals surface area contributed by atoms with Crippen molar-refractivity contribution in [2.75, 3.05) is 0 Å². The molecule has 0 saturated heterocycles. The minimum atomic E-state index is -0.994. The number of fused-ring (bicyclic) bond motifs is 1. The van der Waals surface area contributed by atoms with Gasteiger partial charge in [0, 0.05) is 0 Å². The van der Waals surface area contributed by atoms with Crippen LogP contribution >= 0.6 is 0 Å². The summed E-state index contributed by atoms with van der Waals surface area (Å²) in [6.07, 6.45) is 1.07. The number of halogens is 1. The molecule has 0 unspecified atom stereocenters. The monoisotopic (exact) mass is 179 g/mol. The zero-order valence-corrected chi connectivity index (χ0v) is 6.15. The fraction of sp³-hybridized carbons (Fsp3) is 0. The van der Waals surface area contributed by atoms with Gasteiger partial charge in [0.05, 0.1) is 0 Å². The zero-order chi connectivity index (χ0) is 9.42. The lowest BCUT2D eigenvalue weighted by Crippen LogP contribution is -2.11. The first-order valence-electron chi connectivity index (χ1n) is 3.26. The Morgan fingerprint density at radius 2 is 2.46 bits per heavy atom. The molecule has 2 aromatic heterocycles. The molecule has 7 heteroatoms. The molecule has 2 rings (SSSR count). The van der Waals surface area contributed by atoms with Crippen molar-refractivity contribution in [3.8, 4) is 6.07 Å². The molecular formula is C6H2FN5O. The molecule has 2 aromatic rings. The van der Waals surface area contributed by atoms with E-state index in [9.17, 15) is 9.18 Å². The third kappa shape index (κ3) is 0.888. The van der Waals surface area contributed by atoms with Gasteiger partial charge in [-0.25, -0.2) is 0 Å². The van der Waals surface area contributed by atoms with E-state index in [0.29, 0.717) is 0 Å². The molecule has 0 amide bonds. The van der Waals surface area contributed by atoms with Crippen LogP contribution in [0.5, 0.6) is 0 Å². The molecular weight excluding hydrogens is 177 g/mol. The van der Waals surface area contributed by atoms with E-state index in [4.69, 9.17) is 5.26 Å². The summed E-state index contributed by atoms with van der Waals surface area (Å²) in [7, 11) is 0. The molecule has 0 radical (unpaired) electrons. The van der Waals surface area contributed by atoms with Crippen LogP contribution in [0.4, 0.5) is 4.39 Å². The molecule has 0 spiro atoms. The van der Waals surface area contributed by atoms with Crippen molar-refractivity contribution in [1.29, 1.82) is 5.26 Å². The molecule has 0 aliphatic carbocycles. The van der Waals surface area contributed by atoms with Gasteiger partial charge in [-0.3, -0.25) is 4.79 Å². The Labute approximate surface area is 70.2 Å². The zero-order valence-electron chi connectivity index (χ0n) is 6.15. The van der Waals surface area contributed by atoms with E-state index in [1.165, 1.54) is 0 Å². The first-order chi connectivity index (χ1) is 6.24. The molecule has 0 aliphatic heterocycles. The summed E-state index contributed by atoms with van der Waals surface area (Å²) < 4.78 is 13.6. The second-order valence-corrected chi connectivity index (χ2v) is 2.23. The molecule has 0 fully saturated rings. The van der Waals surface area contributed by atoms with Crippen molar-refractivity contribution in [3.05, 3.63) is 28.2 Å². The SMILES string of the molecule is N#Cc1c(F)nn2nc[nH]c(=O)c12. The van der Waals surface area contributed by atoms with Crippen LogP contribution in [0, 0.1) is 17.3 Å². The molecule has 2 heterocycles. The van der Waals surface area contributed by atoms with Crippen molar-refractivity contribution in [2.24, 2.45) is 0 Å². The summed E-state index contributed by atoms with van der Waals surface area (Å²) in [5, 5.41) is 15.3. The van der Waals surface area contributed by atoms with Gasteiger partial charge in [-0.05, 0) is 0 Å². The van der Waals surface area contributed by atoms with Crippen LogP contribution in [-0.2, 0) is 0 Å². The van der Waals surface area contributed by atoms with Crippen molar-refractivity contribution in [3.63, 3.8) is 0 Å². The summed E-state index contributed by atoms with van der Waals surface area (Å²) in [5.41, 5.74) is -1.17. The first kappa shape index (κ1) is 7.42. The fourth-order valence-electron chi connectivity index (χ4n) is 0.978. The third-order valence-electron chi connectivity index (χ3n) is 1.52. The lowest BCUT2D eigenvalue weighted by atomic mass is 10.3. The highest BCUT2D eigenvalue weighted by molar-refractivity contribution is 5.57. The number of aromatic amines is 1. The number of nitriles is 1. The molecule has 64 valence electrons. The molecule has 1 N–H and O–H groups in total. The van der Waals surface area contributed by atoms with Crippen molar-refractivity contribution >= 4 is 5.52 Å². The van der Waals surface area contributed by atoms with E-state index < -0.39 is 17.1 Å². The average molecular weight is 179 g/mol. The average Bonchev–Trinajstić information content (AvgIpc) is 2.42. The second-order valence-electron chi connectivity index (χ2n) is 2.23. The van der Waals surface area contributed by atoms with E-state index in [1.54, 1.807) is 6.07 Å². The number of nitrogens with one attached hydrogen (secondary N) is 1. The number of hydrogen-bond acceptors (Lipinski definition) is 4. The Hall–Kier alpha value is -2.23. The third-order valence-corrected chi connectivity index (χ3v) is 1.52. The second kappa shape index (κ2) is 2.38. The van der Waals surface area contributed by atoms with E-state index >= 15 is 0 Å². The molecule has 0 aromatic carbocycles. The molecule has 0 aliphatic rings. The predicted octanol–water partition coefficient (Wildman–Crippen LogP) is -0.572. The predicted molar refractivity (Wildman–Crippen MR) is 38.3 cm³/mol. The van der Waals surface area contributed by atoms with Crippen molar-refractivity contribution < 1.29 is 4.39 Å². The highest BCUT2D eigenvalue weighted by Gasteiger charge is 2.15. The quantitative estimate of drug-likeness (QED) is 0.586. The van der Waals surface area contributed by atoms with Gasteiger partial charge in [-0.1, -0.05) is 0 Å². The Morgan fingerprint density at radius 1 is 1.69 bits per heavy atom. The molecule has 0 bridgehead atoms. The first-order valence-corrected chi connectivity index (χ1v) is 3.26. The maximum atomic E-state index is 12.8. The van der Waals surface area contributed by atoms with Crippen LogP contribution in [0.2, 0.25) is 0 Å². The molecule has 6 nitrogen and oxygen atoms in total. The van der Waals surface area contributed by atoms with Crippen LogP contribution in [0.15, 0.2) is 11.1 Å². The van der Waals surface area contributed by atoms with Gasteiger partial charge in [0.15, 0.2) is 5.52 Å². The molecule has 13 heavy (non-hydrogen) atoms. The standard InChI is InChI=1S/C6H2FN5O/c7-5-3(1-8)4-6(13)9-2-10-12(4)11-5/h2H,(H,9,10,13). The largest absolute Gasteiger partial charge is 0.310 e. The number of rotatable bonds is 0. The van der Waals surface area contributed by atoms with Gasteiger partial charge in [-0.15, -0.1) is 14.8 Å². The highest BCUT2D eigenvalue weighted by atomic mass is 19.1. The lowest BCUT2D eigenvalue weighted by molar-refractivity contribution is 0.555. The minimum absolute atomic E-state index is 0.178. The van der Waals surface area contributed by atoms with Crippen LogP contribution in [0.3, 0.4) is 0 Å². The Bertz CT molecular complexity index is 562. The van der Waals surface area contributed by atoms with Gasteiger partial charge in [-0.2, -0.15) is 9.65 Å². The summed E-state index contributed by atoms with van der Waals surface area (Å²) >= 11 is 0. The highest BCUT2D eigenvalue weighted by Crippen LogP contribution is 2.06. The van der Waals surface area contributed by atoms with Crippen LogP contribution in [0.1, 0.15) is 5.56 Å². The van der Waals surface area contributed by atoms with E-state index in [1.807, 2.05) is 0 Å². The van der Waals surface area contributed by atoms with Gasteiger partial charge in [0.1, 0.15) is 18.0 Å². The van der Waals surface area contributed by atoms with Crippen LogP contribution in [-0.4, -0.2) is 19.8 Å². The Balaban J connectivity index is 3.08. The lowest BCUT2D eigenvalue weighted by Gasteiger charge is -1.86. The summed E-state index contributed by atoms with van der Waals surface area (Å²) in [4.78, 5) is 13.3. The Kier molecular flexibility index (Phi) is 1.36. The van der Waals surface area contributed by atoms with Crippen molar-refractivity contribution in [1.82, 2.24) is 19.8 Å². The van der Waals surface area contributed by atoms with Gasteiger partial charge < -0.3 is 4.98 Å². The number of nitrogens with zero attached hydrogens (tertiary/aromatic N) is 4. The normalized spacial score (nSPS) is 10.2. The van der Waals surface area contributed by atoms with Gasteiger partial charge in [0.25, 0.3) is 11.5 Å². The van der Waals surface area contributed by atoms with Gasteiger partial charge >= 0.3 is 0 Å². The smallest absolute Gasteiger partial charge is 0.278 e. The van der Waals surface area contributed by atoms with E-state index in [-0.39, 0.29) is 5.52 Å². The molecule has 0 atom stereocenters. The van der Waals surface area contributed by atoms with E-state index in [0.717, 1.165) is 11.0 Å². The maximum Gasteiger partial charge on any atom is 0.278 e.